The number of nitrogens with zero attached hydrogens (tertiary/aromatic N) is 5. The van der Waals surface area contributed by atoms with Crippen LogP contribution in [-0.4, -0.2) is 76.2 Å². The van der Waals surface area contributed by atoms with Gasteiger partial charge in [-0.05, 0) is 37.9 Å². The molecule has 4 rings (SSSR count). The molecule has 2 aliphatic rings. The van der Waals surface area contributed by atoms with E-state index in [4.69, 9.17) is 11.6 Å². The molecule has 1 fully saturated rings. The molecule has 0 bridgehead atoms. The zero-order valence-electron chi connectivity index (χ0n) is 16.5. The molecule has 4 heterocycles. The van der Waals surface area contributed by atoms with Crippen LogP contribution in [0.5, 0.6) is 0 Å². The maximum Gasteiger partial charge on any atom is 0.257 e. The summed E-state index contributed by atoms with van der Waals surface area (Å²) in [6, 6.07) is 3.20. The fourth-order valence-corrected chi connectivity index (χ4v) is 4.09. The standard InChI is InChI=1S/C20H25ClN6O2/c1-25-6-8-26(9-7-25)20(29)16-13-24-27-5-3-14(10-17(16)27)12-23-19(28)15-2-4-22-18(21)11-15/h2,4,11,13-14H,3,5-10,12H2,1H3,(H,23,28). The topological polar surface area (TPSA) is 83.4 Å². The lowest BCUT2D eigenvalue weighted by Gasteiger charge is -2.32. The molecular formula is C20H25ClN6O2. The quantitative estimate of drug-likeness (QED) is 0.760. The fourth-order valence-electron chi connectivity index (χ4n) is 3.91. The Morgan fingerprint density at radius 3 is 2.79 bits per heavy atom. The van der Waals surface area contributed by atoms with Gasteiger partial charge in [0, 0.05) is 51.0 Å². The molecule has 2 aromatic heterocycles. The molecular weight excluding hydrogens is 392 g/mol. The van der Waals surface area contributed by atoms with Crippen LogP contribution < -0.4 is 5.32 Å². The van der Waals surface area contributed by atoms with Crippen molar-refractivity contribution in [3.8, 4) is 0 Å². The van der Waals surface area contributed by atoms with Crippen LogP contribution in [0.4, 0.5) is 0 Å². The first kappa shape index (κ1) is 19.8. The van der Waals surface area contributed by atoms with Gasteiger partial charge >= 0.3 is 0 Å². The van der Waals surface area contributed by atoms with Gasteiger partial charge in [-0.25, -0.2) is 4.98 Å². The van der Waals surface area contributed by atoms with Crippen LogP contribution in [0, 0.1) is 5.92 Å². The minimum Gasteiger partial charge on any atom is -0.352 e. The zero-order chi connectivity index (χ0) is 20.4. The Bertz CT molecular complexity index is 906. The van der Waals surface area contributed by atoms with E-state index in [1.54, 1.807) is 18.3 Å². The predicted octanol–water partition coefficient (Wildman–Crippen LogP) is 1.31. The Morgan fingerprint density at radius 2 is 2.03 bits per heavy atom. The normalized spacial score (nSPS) is 19.7. The third-order valence-corrected chi connectivity index (χ3v) is 5.95. The van der Waals surface area contributed by atoms with Crippen LogP contribution in [0.25, 0.3) is 0 Å². The Morgan fingerprint density at radius 1 is 1.24 bits per heavy atom. The van der Waals surface area contributed by atoms with Crippen molar-refractivity contribution in [3.63, 3.8) is 0 Å². The van der Waals surface area contributed by atoms with Gasteiger partial charge in [-0.3, -0.25) is 14.3 Å². The van der Waals surface area contributed by atoms with Crippen molar-refractivity contribution < 1.29 is 9.59 Å². The molecule has 0 radical (unpaired) electrons. The minimum atomic E-state index is -0.165. The van der Waals surface area contributed by atoms with Gasteiger partial charge in [0.2, 0.25) is 0 Å². The van der Waals surface area contributed by atoms with E-state index < -0.39 is 0 Å². The highest BCUT2D eigenvalue weighted by molar-refractivity contribution is 6.29. The average molecular weight is 417 g/mol. The lowest BCUT2D eigenvalue weighted by Crippen LogP contribution is -2.47. The molecule has 0 spiro atoms. The van der Waals surface area contributed by atoms with Crippen LogP contribution in [0.15, 0.2) is 24.5 Å². The number of hydrogen-bond acceptors (Lipinski definition) is 5. The molecule has 2 aromatic rings. The number of fused-ring (bicyclic) bond motifs is 1. The number of nitrogens with one attached hydrogen (secondary N) is 1. The lowest BCUT2D eigenvalue weighted by atomic mass is 9.94. The molecule has 154 valence electrons. The molecule has 2 aliphatic heterocycles. The van der Waals surface area contributed by atoms with E-state index in [-0.39, 0.29) is 17.7 Å². The highest BCUT2D eigenvalue weighted by Crippen LogP contribution is 2.24. The van der Waals surface area contributed by atoms with E-state index >= 15 is 0 Å². The first-order chi connectivity index (χ1) is 14.0. The van der Waals surface area contributed by atoms with E-state index in [2.05, 4.69) is 27.3 Å². The summed E-state index contributed by atoms with van der Waals surface area (Å²) >= 11 is 5.86. The summed E-state index contributed by atoms with van der Waals surface area (Å²) in [5.74, 6) is 0.164. The number of carbonyl (C=O) groups is 2. The predicted molar refractivity (Wildman–Crippen MR) is 109 cm³/mol. The number of carbonyl (C=O) groups excluding carboxylic acids is 2. The molecule has 0 aromatic carbocycles. The van der Waals surface area contributed by atoms with Gasteiger partial charge in [-0.2, -0.15) is 5.10 Å². The van der Waals surface area contributed by atoms with E-state index in [0.717, 1.165) is 51.3 Å². The summed E-state index contributed by atoms with van der Waals surface area (Å²) < 4.78 is 1.93. The lowest BCUT2D eigenvalue weighted by molar-refractivity contribution is 0.0661. The van der Waals surface area contributed by atoms with Crippen LogP contribution in [0.3, 0.4) is 0 Å². The molecule has 8 nitrogen and oxygen atoms in total. The highest BCUT2D eigenvalue weighted by atomic mass is 35.5. The maximum absolute atomic E-state index is 13.0. The second-order valence-corrected chi connectivity index (χ2v) is 8.15. The minimum absolute atomic E-state index is 0.0652. The van der Waals surface area contributed by atoms with E-state index in [1.165, 1.54) is 6.20 Å². The largest absolute Gasteiger partial charge is 0.352 e. The second-order valence-electron chi connectivity index (χ2n) is 7.76. The van der Waals surface area contributed by atoms with Crippen LogP contribution in [0.2, 0.25) is 5.15 Å². The number of aromatic nitrogens is 3. The molecule has 0 saturated carbocycles. The SMILES string of the molecule is CN1CCN(C(=O)c2cnn3c2CC(CNC(=O)c2ccnc(Cl)c2)CC3)CC1. The molecule has 1 atom stereocenters. The summed E-state index contributed by atoms with van der Waals surface area (Å²) in [6.07, 6.45) is 4.86. The Balaban J connectivity index is 1.39. The summed E-state index contributed by atoms with van der Waals surface area (Å²) in [6.45, 7) is 4.58. The Hall–Kier alpha value is -2.45. The van der Waals surface area contributed by atoms with E-state index in [0.29, 0.717) is 22.8 Å². The van der Waals surface area contributed by atoms with Gasteiger partial charge in [0.1, 0.15) is 5.15 Å². The van der Waals surface area contributed by atoms with Gasteiger partial charge in [-0.1, -0.05) is 11.6 Å². The summed E-state index contributed by atoms with van der Waals surface area (Å²) in [5.41, 5.74) is 2.18. The third-order valence-electron chi connectivity index (χ3n) is 5.74. The summed E-state index contributed by atoms with van der Waals surface area (Å²) in [4.78, 5) is 33.4. The van der Waals surface area contributed by atoms with Gasteiger partial charge < -0.3 is 15.1 Å². The second kappa shape index (κ2) is 8.51. The molecule has 1 unspecified atom stereocenters. The highest BCUT2D eigenvalue weighted by Gasteiger charge is 2.29. The van der Waals surface area contributed by atoms with Crippen molar-refractivity contribution in [2.75, 3.05) is 39.8 Å². The molecule has 2 amide bonds. The maximum atomic E-state index is 13.0. The third kappa shape index (κ3) is 4.43. The number of amides is 2. The van der Waals surface area contributed by atoms with Crippen molar-refractivity contribution in [2.45, 2.75) is 19.4 Å². The number of pyridine rings is 1. The zero-order valence-corrected chi connectivity index (χ0v) is 17.2. The first-order valence-corrected chi connectivity index (χ1v) is 10.3. The number of piperazine rings is 1. The number of rotatable bonds is 4. The van der Waals surface area contributed by atoms with Crippen molar-refractivity contribution in [1.29, 1.82) is 0 Å². The van der Waals surface area contributed by atoms with Crippen molar-refractivity contribution >= 4 is 23.4 Å². The number of halogens is 1. The smallest absolute Gasteiger partial charge is 0.257 e. The monoisotopic (exact) mass is 416 g/mol. The van der Waals surface area contributed by atoms with E-state index in [9.17, 15) is 9.59 Å². The van der Waals surface area contributed by atoms with Gasteiger partial charge in [0.05, 0.1) is 17.5 Å². The summed E-state index contributed by atoms with van der Waals surface area (Å²) in [7, 11) is 2.07. The summed E-state index contributed by atoms with van der Waals surface area (Å²) in [5, 5.41) is 7.70. The molecule has 29 heavy (non-hydrogen) atoms. The Labute approximate surface area is 174 Å². The number of likely N-dealkylation sites (N-methyl/N-ethyl adjacent to an activating group) is 1. The molecule has 0 aliphatic carbocycles. The van der Waals surface area contributed by atoms with Crippen LogP contribution in [0.1, 0.15) is 32.8 Å². The van der Waals surface area contributed by atoms with E-state index in [1.807, 2.05) is 9.58 Å². The van der Waals surface area contributed by atoms with Crippen molar-refractivity contribution in [1.82, 2.24) is 29.9 Å². The van der Waals surface area contributed by atoms with Crippen molar-refractivity contribution in [2.24, 2.45) is 5.92 Å². The van der Waals surface area contributed by atoms with Crippen LogP contribution in [-0.2, 0) is 13.0 Å². The average Bonchev–Trinajstić information content (AvgIpc) is 3.15. The number of hydrogen-bond donors (Lipinski definition) is 1. The molecule has 9 heteroatoms. The van der Waals surface area contributed by atoms with Crippen LogP contribution >= 0.6 is 11.6 Å². The first-order valence-electron chi connectivity index (χ1n) is 9.93. The van der Waals surface area contributed by atoms with Gasteiger partial charge in [0.15, 0.2) is 0 Å². The molecule has 1 saturated heterocycles. The fraction of sp³-hybridized carbons (Fsp3) is 0.500. The van der Waals surface area contributed by atoms with Gasteiger partial charge in [0.25, 0.3) is 11.8 Å². The molecule has 1 N–H and O–H groups in total. The number of aryl methyl sites for hydroxylation is 1. The Kier molecular flexibility index (Phi) is 5.82. The van der Waals surface area contributed by atoms with Crippen molar-refractivity contribution in [3.05, 3.63) is 46.5 Å². The van der Waals surface area contributed by atoms with Gasteiger partial charge in [-0.15, -0.1) is 0 Å².